The lowest BCUT2D eigenvalue weighted by Crippen LogP contribution is -2.61. The number of fused-ring (bicyclic) bond motifs is 6. The predicted molar refractivity (Wildman–Crippen MR) is 266 cm³/mol. The van der Waals surface area contributed by atoms with Gasteiger partial charge in [0, 0.05) is 78.2 Å². The first-order chi connectivity index (χ1) is 32.9. The molecule has 3 aliphatic heterocycles. The van der Waals surface area contributed by atoms with Crippen molar-refractivity contribution in [2.24, 2.45) is 5.41 Å². The number of hydrazine groups is 1. The summed E-state index contributed by atoms with van der Waals surface area (Å²) in [6.07, 6.45) is 4.77. The van der Waals surface area contributed by atoms with Gasteiger partial charge in [-0.25, -0.2) is 20.0 Å². The number of hydrogen-bond acceptors (Lipinski definition) is 12. The summed E-state index contributed by atoms with van der Waals surface area (Å²) in [7, 11) is 1.69. The molecule has 16 heteroatoms. The van der Waals surface area contributed by atoms with Gasteiger partial charge < -0.3 is 33.7 Å². The summed E-state index contributed by atoms with van der Waals surface area (Å²) in [5.41, 5.74) is 11.2. The summed E-state index contributed by atoms with van der Waals surface area (Å²) in [4.78, 5) is 66.7. The summed E-state index contributed by atoms with van der Waals surface area (Å²) in [5, 5.41) is 7.95. The molecule has 0 spiro atoms. The van der Waals surface area contributed by atoms with Gasteiger partial charge in [0.2, 0.25) is 0 Å². The number of methoxy groups -OCH3 is 1. The molecule has 3 aliphatic rings. The lowest BCUT2D eigenvalue weighted by Gasteiger charge is -2.36. The molecule has 0 unspecified atom stereocenters. The van der Waals surface area contributed by atoms with E-state index in [-0.39, 0.29) is 25.4 Å². The molecule has 6 heterocycles. The second kappa shape index (κ2) is 20.5. The van der Waals surface area contributed by atoms with Crippen molar-refractivity contribution in [1.29, 1.82) is 0 Å². The highest BCUT2D eigenvalue weighted by Crippen LogP contribution is 2.43. The lowest BCUT2D eigenvalue weighted by atomic mass is 9.84. The fourth-order valence-corrected chi connectivity index (χ4v) is 10.3. The summed E-state index contributed by atoms with van der Waals surface area (Å²) in [5.74, 6) is -1.40. The van der Waals surface area contributed by atoms with Crippen LogP contribution in [-0.4, -0.2) is 99.5 Å². The van der Waals surface area contributed by atoms with Gasteiger partial charge in [0.15, 0.2) is 0 Å². The molecule has 15 nitrogen and oxygen atoms in total. The molecule has 2 N–H and O–H groups in total. The van der Waals surface area contributed by atoms with Crippen LogP contribution in [0.5, 0.6) is 0 Å². The van der Waals surface area contributed by atoms with Gasteiger partial charge in [-0.3, -0.25) is 19.6 Å². The van der Waals surface area contributed by atoms with Crippen molar-refractivity contribution in [2.75, 3.05) is 33.4 Å². The van der Waals surface area contributed by atoms with Gasteiger partial charge in [0.05, 0.1) is 34.8 Å². The third-order valence-electron chi connectivity index (χ3n) is 13.1. The van der Waals surface area contributed by atoms with E-state index in [2.05, 4.69) is 66.4 Å². The second-order valence-electron chi connectivity index (χ2n) is 20.0. The number of hydrogen-bond donors (Lipinski definition) is 2. The van der Waals surface area contributed by atoms with Gasteiger partial charge in [0.1, 0.15) is 24.3 Å². The van der Waals surface area contributed by atoms with Crippen LogP contribution >= 0.6 is 11.3 Å². The molecule has 0 aliphatic carbocycles. The molecule has 5 aromatic rings. The van der Waals surface area contributed by atoms with Crippen molar-refractivity contribution >= 4 is 51.9 Å². The Hall–Kier alpha value is -6.10. The fourth-order valence-electron chi connectivity index (χ4n) is 9.37. The molecule has 3 aromatic heterocycles. The quantitative estimate of drug-likeness (QED) is 0.112. The van der Waals surface area contributed by atoms with E-state index >= 15 is 0 Å². The third-order valence-corrected chi connectivity index (χ3v) is 14.1. The van der Waals surface area contributed by atoms with E-state index in [0.717, 1.165) is 61.4 Å². The van der Waals surface area contributed by atoms with Crippen LogP contribution < -0.4 is 10.7 Å². The van der Waals surface area contributed by atoms with Crippen molar-refractivity contribution in [3.63, 3.8) is 0 Å². The maximum Gasteiger partial charge on any atom is 0.410 e. The normalized spacial score (nSPS) is 20.4. The largest absolute Gasteiger partial charge is 0.464 e. The zero-order valence-corrected chi connectivity index (χ0v) is 42.0. The number of carbonyl (C=O) groups excluding carboxylic acids is 4. The first-order valence-corrected chi connectivity index (χ1v) is 24.8. The number of cyclic esters (lactones) is 1. The number of thiazole rings is 1. The number of esters is 1. The average molecular weight is 960 g/mol. The van der Waals surface area contributed by atoms with Gasteiger partial charge >= 0.3 is 18.2 Å². The molecule has 1 saturated heterocycles. The summed E-state index contributed by atoms with van der Waals surface area (Å²) < 4.78 is 25.8. The smallest absolute Gasteiger partial charge is 0.410 e. The van der Waals surface area contributed by atoms with E-state index in [4.69, 9.17) is 28.9 Å². The topological polar surface area (TPSA) is 166 Å². The van der Waals surface area contributed by atoms with Crippen LogP contribution in [0.4, 0.5) is 9.59 Å². The molecule has 8 rings (SSSR count). The maximum absolute atomic E-state index is 14.4. The van der Waals surface area contributed by atoms with Gasteiger partial charge in [-0.05, 0) is 101 Å². The van der Waals surface area contributed by atoms with Gasteiger partial charge in [-0.1, -0.05) is 63.2 Å². The molecule has 6 bridgehead atoms. The van der Waals surface area contributed by atoms with Crippen molar-refractivity contribution in [2.45, 2.75) is 124 Å². The Balaban J connectivity index is 1.21. The summed E-state index contributed by atoms with van der Waals surface area (Å²) in [6, 6.07) is 16.5. The number of nitrogens with one attached hydrogen (secondary N) is 2. The van der Waals surface area contributed by atoms with Crippen LogP contribution in [0, 0.1) is 5.41 Å². The number of carbonyl (C=O) groups is 4. The van der Waals surface area contributed by atoms with Crippen molar-refractivity contribution < 1.29 is 38.1 Å². The Bertz CT molecular complexity index is 2740. The van der Waals surface area contributed by atoms with Gasteiger partial charge in [0.25, 0.3) is 5.91 Å². The van der Waals surface area contributed by atoms with Crippen molar-refractivity contribution in [3.05, 3.63) is 99.6 Å². The number of amides is 3. The van der Waals surface area contributed by atoms with E-state index in [1.807, 2.05) is 55.8 Å². The van der Waals surface area contributed by atoms with E-state index in [9.17, 15) is 19.2 Å². The number of rotatable bonds is 8. The van der Waals surface area contributed by atoms with Crippen LogP contribution in [0.3, 0.4) is 0 Å². The third kappa shape index (κ3) is 11.0. The Morgan fingerprint density at radius 1 is 1.07 bits per heavy atom. The Kier molecular flexibility index (Phi) is 14.6. The fraction of sp³-hybridized carbons (Fsp3) is 0.472. The van der Waals surface area contributed by atoms with Crippen LogP contribution in [0.15, 0.2) is 72.3 Å². The molecule has 4 atom stereocenters. The number of pyridine rings is 1. The average Bonchev–Trinajstić information content (AvgIpc) is 3.96. The molecule has 0 saturated carbocycles. The molecular formula is C53H65N7O8S. The first-order valence-electron chi connectivity index (χ1n) is 24.0. The SMILES string of the molecule is CCn1c(-c2cc(C3=CCN(C(=O)OCc4ccccc4)CC3)cnc2[C@H](C)OC)c2c3cc(ccc31)-c1csc(n1)[C@@H](C)[C@H](NC(=O)OC(C)(C)C)C(=O)N1CCC[C@H](N1)C(=O)OCC(C)(C)C2. The number of ether oxygens (including phenoxy) is 4. The Morgan fingerprint density at radius 2 is 1.86 bits per heavy atom. The minimum absolute atomic E-state index is 0.113. The lowest BCUT2D eigenvalue weighted by molar-refractivity contribution is -0.155. The summed E-state index contributed by atoms with van der Waals surface area (Å²) in [6.45, 7) is 17.7. The van der Waals surface area contributed by atoms with Crippen LogP contribution in [-0.2, 0) is 48.1 Å². The van der Waals surface area contributed by atoms with Crippen molar-refractivity contribution in [1.82, 2.24) is 35.2 Å². The van der Waals surface area contributed by atoms with Crippen LogP contribution in [0.25, 0.3) is 39.0 Å². The first kappa shape index (κ1) is 49.3. The maximum atomic E-state index is 14.4. The van der Waals surface area contributed by atoms with Crippen LogP contribution in [0.2, 0.25) is 0 Å². The molecule has 3 amide bonds. The molecule has 1 fully saturated rings. The Morgan fingerprint density at radius 3 is 2.57 bits per heavy atom. The van der Waals surface area contributed by atoms with Crippen LogP contribution in [0.1, 0.15) is 114 Å². The van der Waals surface area contributed by atoms with E-state index in [1.54, 1.807) is 32.8 Å². The van der Waals surface area contributed by atoms with E-state index in [0.29, 0.717) is 56.9 Å². The van der Waals surface area contributed by atoms with Gasteiger partial charge in [-0.15, -0.1) is 11.3 Å². The molecule has 2 aromatic carbocycles. The van der Waals surface area contributed by atoms with E-state index < -0.39 is 47.0 Å². The zero-order valence-electron chi connectivity index (χ0n) is 41.2. The second-order valence-corrected chi connectivity index (χ2v) is 20.9. The predicted octanol–water partition coefficient (Wildman–Crippen LogP) is 9.60. The number of benzene rings is 2. The highest BCUT2D eigenvalue weighted by molar-refractivity contribution is 7.10. The standard InChI is InChI=1S/C53H65N7O8S/c1-10-59-43-19-18-36-25-38(43)40(46(59)39-26-37(28-54-45(39)33(3)65-9)35-20-23-58(24-21-35)51(64)66-29-34-15-12-11-13-16-34)27-53(7,8)31-67-49(62)41-17-14-22-60(57-41)48(61)44(56-50(63)68-52(4,5)6)32(2)47-55-42(36)30-69-47/h11-13,15-16,18-20,25-26,28,30,32-33,41,44,57H,10,14,17,21-24,27,29,31H2,1-9H3,(H,56,63)/t32-,33-,41-,44-/m0/s1. The molecule has 0 radical (unpaired) electrons. The summed E-state index contributed by atoms with van der Waals surface area (Å²) >= 11 is 1.43. The van der Waals surface area contributed by atoms with Gasteiger partial charge in [-0.2, -0.15) is 0 Å². The number of aromatic nitrogens is 3. The molecule has 366 valence electrons. The Labute approximate surface area is 408 Å². The monoisotopic (exact) mass is 959 g/mol. The number of nitrogens with zero attached hydrogens (tertiary/aromatic N) is 5. The zero-order chi connectivity index (χ0) is 49.2. The van der Waals surface area contributed by atoms with E-state index in [1.165, 1.54) is 16.3 Å². The number of alkyl carbamates (subject to hydrolysis) is 1. The molecule has 69 heavy (non-hydrogen) atoms. The minimum Gasteiger partial charge on any atom is -0.464 e. The van der Waals surface area contributed by atoms with Crippen molar-refractivity contribution in [3.8, 4) is 22.5 Å². The minimum atomic E-state index is -1.05. The number of aryl methyl sites for hydroxylation is 1. The highest BCUT2D eigenvalue weighted by Gasteiger charge is 2.39. The highest BCUT2D eigenvalue weighted by atomic mass is 32.1. The molecular weight excluding hydrogens is 895 g/mol.